The second kappa shape index (κ2) is 4.75. The van der Waals surface area contributed by atoms with Crippen molar-refractivity contribution in [1.29, 1.82) is 0 Å². The summed E-state index contributed by atoms with van der Waals surface area (Å²) in [5.74, 6) is -1.83. The highest BCUT2D eigenvalue weighted by Crippen LogP contribution is 2.21. The summed E-state index contributed by atoms with van der Waals surface area (Å²) in [6.45, 7) is 2.05. The molecule has 0 aliphatic carbocycles. The normalized spacial score (nSPS) is 11.2. The van der Waals surface area contributed by atoms with Crippen molar-refractivity contribution in [3.05, 3.63) is 52.3 Å². The number of rotatable bonds is 2. The fraction of sp³-hybridized carbons (Fsp3) is 0.154. The highest BCUT2D eigenvalue weighted by Gasteiger charge is 2.14. The quantitative estimate of drug-likeness (QED) is 0.738. The molecule has 0 amide bonds. The van der Waals surface area contributed by atoms with Crippen LogP contribution in [0.25, 0.3) is 11.0 Å². The Kier molecular flexibility index (Phi) is 3.06. The minimum absolute atomic E-state index is 0.109. The van der Waals surface area contributed by atoms with Crippen LogP contribution in [0.15, 0.2) is 24.5 Å². The zero-order chi connectivity index (χ0) is 14.3. The molecule has 2 heterocycles. The van der Waals surface area contributed by atoms with Gasteiger partial charge in [-0.25, -0.2) is 8.78 Å². The zero-order valence-electron chi connectivity index (χ0n) is 10.5. The highest BCUT2D eigenvalue weighted by atomic mass is 32.1. The number of imidazole rings is 1. The number of hydrogen-bond acceptors (Lipinski definition) is 3. The lowest BCUT2D eigenvalue weighted by Gasteiger charge is -2.05. The molecule has 0 saturated carbocycles. The molecule has 0 spiro atoms. The van der Waals surface area contributed by atoms with Gasteiger partial charge in [-0.05, 0) is 31.3 Å². The second-order valence-corrected chi connectivity index (χ2v) is 4.81. The van der Waals surface area contributed by atoms with Gasteiger partial charge in [-0.1, -0.05) is 0 Å². The van der Waals surface area contributed by atoms with Gasteiger partial charge < -0.3 is 9.55 Å². The van der Waals surface area contributed by atoms with E-state index in [1.54, 1.807) is 12.4 Å². The number of H-pyrrole nitrogens is 1. The SMILES string of the molecule is Cc1cnc(Cn2c(=S)[nH]c3ccc(F)c(F)c32)cn1. The molecule has 7 heteroatoms. The van der Waals surface area contributed by atoms with Crippen molar-refractivity contribution in [3.63, 3.8) is 0 Å². The van der Waals surface area contributed by atoms with Crippen LogP contribution in [-0.4, -0.2) is 19.5 Å². The third kappa shape index (κ3) is 2.09. The van der Waals surface area contributed by atoms with Crippen LogP contribution in [0.2, 0.25) is 0 Å². The Morgan fingerprint density at radius 2 is 2.05 bits per heavy atom. The lowest BCUT2D eigenvalue weighted by atomic mass is 10.3. The third-order valence-electron chi connectivity index (χ3n) is 2.98. The molecule has 0 aliphatic heterocycles. The van der Waals surface area contributed by atoms with Crippen molar-refractivity contribution in [2.45, 2.75) is 13.5 Å². The first-order valence-corrected chi connectivity index (χ1v) is 6.31. The van der Waals surface area contributed by atoms with Crippen molar-refractivity contribution >= 4 is 23.3 Å². The van der Waals surface area contributed by atoms with E-state index in [2.05, 4.69) is 15.0 Å². The van der Waals surface area contributed by atoms with Crippen molar-refractivity contribution in [3.8, 4) is 0 Å². The summed E-state index contributed by atoms with van der Waals surface area (Å²) in [4.78, 5) is 11.2. The Balaban J connectivity index is 2.16. The summed E-state index contributed by atoms with van der Waals surface area (Å²) in [6.07, 6.45) is 3.21. The molecule has 0 atom stereocenters. The minimum atomic E-state index is -0.921. The molecule has 102 valence electrons. The molecule has 0 radical (unpaired) electrons. The van der Waals surface area contributed by atoms with Gasteiger partial charge in [-0.3, -0.25) is 9.97 Å². The van der Waals surface area contributed by atoms with Crippen molar-refractivity contribution in [1.82, 2.24) is 19.5 Å². The molecule has 0 fully saturated rings. The first-order valence-electron chi connectivity index (χ1n) is 5.90. The summed E-state index contributed by atoms with van der Waals surface area (Å²) in [5.41, 5.74) is 1.97. The van der Waals surface area contributed by atoms with Crippen LogP contribution in [0.3, 0.4) is 0 Å². The molecule has 4 nitrogen and oxygen atoms in total. The van der Waals surface area contributed by atoms with E-state index in [1.807, 2.05) is 6.92 Å². The average Bonchev–Trinajstić information content (AvgIpc) is 2.74. The molecule has 1 aromatic carbocycles. The summed E-state index contributed by atoms with van der Waals surface area (Å²) >= 11 is 5.15. The Morgan fingerprint density at radius 3 is 2.75 bits per heavy atom. The predicted octanol–water partition coefficient (Wildman–Crippen LogP) is 3.12. The lowest BCUT2D eigenvalue weighted by molar-refractivity contribution is 0.512. The lowest BCUT2D eigenvalue weighted by Crippen LogP contribution is -2.04. The smallest absolute Gasteiger partial charge is 0.184 e. The second-order valence-electron chi connectivity index (χ2n) is 4.42. The van der Waals surface area contributed by atoms with Gasteiger partial charge in [-0.15, -0.1) is 0 Å². The van der Waals surface area contributed by atoms with Crippen molar-refractivity contribution in [2.75, 3.05) is 0 Å². The molecule has 0 aliphatic rings. The van der Waals surface area contributed by atoms with E-state index in [9.17, 15) is 8.78 Å². The van der Waals surface area contributed by atoms with Crippen molar-refractivity contribution < 1.29 is 8.78 Å². The molecular formula is C13H10F2N4S. The largest absolute Gasteiger partial charge is 0.330 e. The van der Waals surface area contributed by atoms with Gasteiger partial charge in [0.15, 0.2) is 16.4 Å². The molecule has 0 unspecified atom stereocenters. The summed E-state index contributed by atoms with van der Waals surface area (Å²) in [7, 11) is 0. The van der Waals surface area contributed by atoms with Gasteiger partial charge in [0.2, 0.25) is 0 Å². The maximum Gasteiger partial charge on any atom is 0.184 e. The Labute approximate surface area is 118 Å². The number of benzene rings is 1. The fourth-order valence-electron chi connectivity index (χ4n) is 2.00. The van der Waals surface area contributed by atoms with Crippen LogP contribution in [0.1, 0.15) is 11.4 Å². The number of aromatic amines is 1. The van der Waals surface area contributed by atoms with E-state index in [4.69, 9.17) is 12.2 Å². The van der Waals surface area contributed by atoms with Crippen LogP contribution in [0.4, 0.5) is 8.78 Å². The average molecular weight is 292 g/mol. The maximum atomic E-state index is 13.9. The van der Waals surface area contributed by atoms with Gasteiger partial charge >= 0.3 is 0 Å². The van der Waals surface area contributed by atoms with E-state index in [-0.39, 0.29) is 12.1 Å². The number of nitrogens with zero attached hydrogens (tertiary/aromatic N) is 3. The standard InChI is InChI=1S/C13H10F2N4S/c1-7-4-17-8(5-16-7)6-19-12-10(18-13(19)20)3-2-9(14)11(12)15/h2-5H,6H2,1H3,(H,18,20). The van der Waals surface area contributed by atoms with E-state index >= 15 is 0 Å². The molecule has 3 rings (SSSR count). The topological polar surface area (TPSA) is 46.5 Å². The van der Waals surface area contributed by atoms with Crippen LogP contribution < -0.4 is 0 Å². The summed E-state index contributed by atoms with van der Waals surface area (Å²) in [6, 6.07) is 2.53. The van der Waals surface area contributed by atoms with Crippen LogP contribution >= 0.6 is 12.2 Å². The highest BCUT2D eigenvalue weighted by molar-refractivity contribution is 7.71. The number of aromatic nitrogens is 4. The number of nitrogens with one attached hydrogen (secondary N) is 1. The van der Waals surface area contributed by atoms with Gasteiger partial charge in [0.1, 0.15) is 5.52 Å². The minimum Gasteiger partial charge on any atom is -0.330 e. The van der Waals surface area contributed by atoms with Crippen LogP contribution in [0, 0.1) is 23.3 Å². The molecule has 0 saturated heterocycles. The molecule has 2 aromatic heterocycles. The number of hydrogen-bond donors (Lipinski definition) is 1. The van der Waals surface area contributed by atoms with Crippen LogP contribution in [-0.2, 0) is 6.54 Å². The van der Waals surface area contributed by atoms with Gasteiger partial charge in [-0.2, -0.15) is 0 Å². The zero-order valence-corrected chi connectivity index (χ0v) is 11.3. The fourth-order valence-corrected chi connectivity index (χ4v) is 2.27. The van der Waals surface area contributed by atoms with Gasteiger partial charge in [0, 0.05) is 6.20 Å². The van der Waals surface area contributed by atoms with E-state index in [0.717, 1.165) is 11.8 Å². The summed E-state index contributed by atoms with van der Waals surface area (Å²) in [5, 5.41) is 0. The number of halogens is 2. The van der Waals surface area contributed by atoms with Crippen LogP contribution in [0.5, 0.6) is 0 Å². The molecule has 3 aromatic rings. The molecule has 0 bridgehead atoms. The number of aryl methyl sites for hydroxylation is 1. The number of fused-ring (bicyclic) bond motifs is 1. The van der Waals surface area contributed by atoms with Gasteiger partial charge in [0.25, 0.3) is 0 Å². The maximum absolute atomic E-state index is 13.9. The van der Waals surface area contributed by atoms with Crippen molar-refractivity contribution in [2.24, 2.45) is 0 Å². The monoisotopic (exact) mass is 292 g/mol. The van der Waals surface area contributed by atoms with E-state index < -0.39 is 11.6 Å². The third-order valence-corrected chi connectivity index (χ3v) is 3.30. The van der Waals surface area contributed by atoms with Gasteiger partial charge in [0.05, 0.1) is 29.6 Å². The first kappa shape index (κ1) is 12.9. The first-order chi connectivity index (χ1) is 9.56. The molecule has 20 heavy (non-hydrogen) atoms. The molecule has 1 N–H and O–H groups in total. The summed E-state index contributed by atoms with van der Waals surface area (Å²) < 4.78 is 29.1. The Hall–Kier alpha value is -2.15. The van der Waals surface area contributed by atoms with E-state index in [1.165, 1.54) is 10.6 Å². The Bertz CT molecular complexity index is 836. The predicted molar refractivity (Wildman–Crippen MR) is 72.9 cm³/mol. The van der Waals surface area contributed by atoms with E-state index in [0.29, 0.717) is 16.0 Å². The molecular weight excluding hydrogens is 282 g/mol. The Morgan fingerprint density at radius 1 is 1.25 bits per heavy atom.